The van der Waals surface area contributed by atoms with Gasteiger partial charge in [0.2, 0.25) is 5.95 Å². The molecule has 2 saturated heterocycles. The van der Waals surface area contributed by atoms with Crippen molar-refractivity contribution in [3.63, 3.8) is 0 Å². The van der Waals surface area contributed by atoms with Crippen LogP contribution in [0, 0.1) is 5.92 Å². The molecule has 0 aliphatic carbocycles. The van der Waals surface area contributed by atoms with Crippen LogP contribution in [0.3, 0.4) is 0 Å². The Bertz CT molecular complexity index is 341. The normalized spacial score (nSPS) is 26.4. The predicted octanol–water partition coefficient (Wildman–Crippen LogP) is 0.353. The summed E-state index contributed by atoms with van der Waals surface area (Å²) in [6, 6.07) is 0. The van der Waals surface area contributed by atoms with Crippen molar-refractivity contribution < 1.29 is 4.74 Å². The van der Waals surface area contributed by atoms with Crippen molar-refractivity contribution in [2.45, 2.75) is 12.8 Å². The topological polar surface area (TPSA) is 57.3 Å². The molecule has 1 atom stereocenters. The number of anilines is 1. The van der Waals surface area contributed by atoms with Gasteiger partial charge >= 0.3 is 0 Å². The average Bonchev–Trinajstić information content (AvgIpc) is 2.95. The lowest BCUT2D eigenvalue weighted by atomic mass is 10.0. The Morgan fingerprint density at radius 1 is 1.33 bits per heavy atom. The van der Waals surface area contributed by atoms with Gasteiger partial charge in [0, 0.05) is 39.3 Å². The molecule has 100 valence electrons. The lowest BCUT2D eigenvalue weighted by molar-refractivity contribution is 0.0376. The minimum atomic E-state index is 0.732. The van der Waals surface area contributed by atoms with Crippen LogP contribution >= 0.6 is 0 Å². The van der Waals surface area contributed by atoms with Crippen molar-refractivity contribution in [1.82, 2.24) is 20.1 Å². The molecule has 2 aliphatic heterocycles. The fourth-order valence-electron chi connectivity index (χ4n) is 2.81. The van der Waals surface area contributed by atoms with E-state index in [1.807, 2.05) is 0 Å². The molecule has 18 heavy (non-hydrogen) atoms. The second kappa shape index (κ2) is 5.67. The van der Waals surface area contributed by atoms with E-state index in [1.54, 1.807) is 6.33 Å². The van der Waals surface area contributed by atoms with Crippen LogP contribution in [0.15, 0.2) is 6.33 Å². The summed E-state index contributed by atoms with van der Waals surface area (Å²) in [5.74, 6) is 1.63. The van der Waals surface area contributed by atoms with Crippen LogP contribution in [0.1, 0.15) is 12.8 Å². The molecule has 0 radical (unpaired) electrons. The number of ether oxygens (including phenoxy) is 1. The smallest absolute Gasteiger partial charge is 0.221 e. The van der Waals surface area contributed by atoms with Gasteiger partial charge < -0.3 is 9.64 Å². The zero-order chi connectivity index (χ0) is 12.2. The molecule has 1 N–H and O–H groups in total. The third-order valence-electron chi connectivity index (χ3n) is 3.85. The number of aromatic nitrogens is 3. The minimum absolute atomic E-state index is 0.732. The monoisotopic (exact) mass is 251 g/mol. The third-order valence-corrected chi connectivity index (χ3v) is 3.85. The molecule has 0 unspecified atom stereocenters. The van der Waals surface area contributed by atoms with E-state index in [0.29, 0.717) is 0 Å². The molecular formula is C12H21N5O. The minimum Gasteiger partial charge on any atom is -0.381 e. The zero-order valence-electron chi connectivity index (χ0n) is 10.7. The number of nitrogens with one attached hydrogen (secondary N) is 1. The Morgan fingerprint density at radius 2 is 2.22 bits per heavy atom. The molecule has 1 aromatic heterocycles. The lowest BCUT2D eigenvalue weighted by Gasteiger charge is -2.36. The fraction of sp³-hybridized carbons (Fsp3) is 0.833. The molecule has 0 saturated carbocycles. The summed E-state index contributed by atoms with van der Waals surface area (Å²) < 4.78 is 5.54. The van der Waals surface area contributed by atoms with Gasteiger partial charge in [-0.25, -0.2) is 5.10 Å². The van der Waals surface area contributed by atoms with E-state index >= 15 is 0 Å². The maximum atomic E-state index is 5.54. The highest BCUT2D eigenvalue weighted by atomic mass is 16.5. The molecule has 1 aromatic rings. The quantitative estimate of drug-likeness (QED) is 0.840. The van der Waals surface area contributed by atoms with E-state index in [4.69, 9.17) is 4.74 Å². The first-order valence-electron chi connectivity index (χ1n) is 6.82. The number of aromatic amines is 1. The maximum Gasteiger partial charge on any atom is 0.221 e. The van der Waals surface area contributed by atoms with Crippen molar-refractivity contribution in [2.75, 3.05) is 50.8 Å². The second-order valence-corrected chi connectivity index (χ2v) is 5.18. The van der Waals surface area contributed by atoms with E-state index in [0.717, 1.165) is 51.3 Å². The number of hydrogen-bond acceptors (Lipinski definition) is 5. The van der Waals surface area contributed by atoms with Gasteiger partial charge in [0.15, 0.2) is 0 Å². The van der Waals surface area contributed by atoms with Crippen LogP contribution in [0.2, 0.25) is 0 Å². The standard InChI is InChI=1S/C12H21N5O/c1-2-11(9-18-7-1)8-16-3-5-17(6-4-16)12-13-10-14-15-12/h10-11H,1-9H2,(H,13,14,15)/t11-/m1/s1. The van der Waals surface area contributed by atoms with Crippen molar-refractivity contribution in [3.8, 4) is 0 Å². The molecule has 2 fully saturated rings. The van der Waals surface area contributed by atoms with E-state index in [1.165, 1.54) is 19.4 Å². The third kappa shape index (κ3) is 2.81. The summed E-state index contributed by atoms with van der Waals surface area (Å²) in [5.41, 5.74) is 0. The first kappa shape index (κ1) is 11.9. The van der Waals surface area contributed by atoms with Gasteiger partial charge in [0.25, 0.3) is 0 Å². The maximum absolute atomic E-state index is 5.54. The highest BCUT2D eigenvalue weighted by Gasteiger charge is 2.22. The summed E-state index contributed by atoms with van der Waals surface area (Å²) in [4.78, 5) is 9.01. The van der Waals surface area contributed by atoms with Crippen LogP contribution in [-0.4, -0.2) is 66.0 Å². The summed E-state index contributed by atoms with van der Waals surface area (Å²) in [6.45, 7) is 7.36. The van der Waals surface area contributed by atoms with Gasteiger partial charge in [-0.1, -0.05) is 0 Å². The van der Waals surface area contributed by atoms with Gasteiger partial charge in [-0.2, -0.15) is 10.1 Å². The van der Waals surface area contributed by atoms with Gasteiger partial charge in [-0.05, 0) is 18.8 Å². The highest BCUT2D eigenvalue weighted by molar-refractivity contribution is 5.27. The summed E-state index contributed by atoms with van der Waals surface area (Å²) in [5, 5.41) is 6.83. The molecule has 0 spiro atoms. The fourth-order valence-corrected chi connectivity index (χ4v) is 2.81. The van der Waals surface area contributed by atoms with E-state index in [-0.39, 0.29) is 0 Å². The summed E-state index contributed by atoms with van der Waals surface area (Å²) in [7, 11) is 0. The Kier molecular flexibility index (Phi) is 3.75. The van der Waals surface area contributed by atoms with E-state index in [9.17, 15) is 0 Å². The second-order valence-electron chi connectivity index (χ2n) is 5.18. The first-order valence-corrected chi connectivity index (χ1v) is 6.82. The Morgan fingerprint density at radius 3 is 2.89 bits per heavy atom. The van der Waals surface area contributed by atoms with Crippen molar-refractivity contribution in [2.24, 2.45) is 5.92 Å². The van der Waals surface area contributed by atoms with Crippen molar-refractivity contribution in [1.29, 1.82) is 0 Å². The van der Waals surface area contributed by atoms with Gasteiger partial charge in [0.05, 0.1) is 6.61 Å². The van der Waals surface area contributed by atoms with Crippen LogP contribution < -0.4 is 4.90 Å². The summed E-state index contributed by atoms with van der Waals surface area (Å²) in [6.07, 6.45) is 4.12. The predicted molar refractivity (Wildman–Crippen MR) is 68.6 cm³/mol. The molecule has 0 bridgehead atoms. The van der Waals surface area contributed by atoms with Gasteiger partial charge in [0.1, 0.15) is 6.33 Å². The molecule has 6 nitrogen and oxygen atoms in total. The SMILES string of the molecule is c1n[nH]c(N2CCN(C[C@H]3CCCOC3)CC2)n1. The number of hydrogen-bond donors (Lipinski definition) is 1. The Labute approximate surface area is 107 Å². The molecule has 3 rings (SSSR count). The van der Waals surface area contributed by atoms with Crippen molar-refractivity contribution >= 4 is 5.95 Å². The van der Waals surface area contributed by atoms with Crippen LogP contribution in [0.25, 0.3) is 0 Å². The highest BCUT2D eigenvalue weighted by Crippen LogP contribution is 2.16. The average molecular weight is 251 g/mol. The van der Waals surface area contributed by atoms with Crippen LogP contribution in [0.5, 0.6) is 0 Å². The largest absolute Gasteiger partial charge is 0.381 e. The molecule has 0 amide bonds. The van der Waals surface area contributed by atoms with Crippen molar-refractivity contribution in [3.05, 3.63) is 6.33 Å². The van der Waals surface area contributed by atoms with Crippen LogP contribution in [0.4, 0.5) is 5.95 Å². The molecule has 6 heteroatoms. The molecule has 3 heterocycles. The van der Waals surface area contributed by atoms with Gasteiger partial charge in [-0.15, -0.1) is 0 Å². The Balaban J connectivity index is 1.45. The molecule has 0 aromatic carbocycles. The first-order chi connectivity index (χ1) is 8.92. The molecular weight excluding hydrogens is 230 g/mol. The number of piperazine rings is 1. The Hall–Kier alpha value is -1.14. The molecule has 2 aliphatic rings. The van der Waals surface area contributed by atoms with Gasteiger partial charge in [-0.3, -0.25) is 4.90 Å². The lowest BCUT2D eigenvalue weighted by Crippen LogP contribution is -2.48. The number of nitrogens with zero attached hydrogens (tertiary/aromatic N) is 4. The van der Waals surface area contributed by atoms with E-state index < -0.39 is 0 Å². The zero-order valence-corrected chi connectivity index (χ0v) is 10.7. The number of rotatable bonds is 3. The van der Waals surface area contributed by atoms with E-state index in [2.05, 4.69) is 25.0 Å². The van der Waals surface area contributed by atoms with Crippen LogP contribution in [-0.2, 0) is 4.74 Å². The summed E-state index contributed by atoms with van der Waals surface area (Å²) >= 11 is 0. The number of H-pyrrole nitrogens is 1.